The summed E-state index contributed by atoms with van der Waals surface area (Å²) >= 11 is 7.64. The molecule has 3 aromatic rings. The Morgan fingerprint density at radius 3 is 2.74 bits per heavy atom. The molecular weight excluding hydrogens is 408 g/mol. The van der Waals surface area contributed by atoms with Crippen molar-refractivity contribution in [2.75, 3.05) is 5.75 Å². The molecular formula is C18H13ClN2O4S2. The predicted octanol–water partition coefficient (Wildman–Crippen LogP) is 2.95. The van der Waals surface area contributed by atoms with Gasteiger partial charge in [-0.1, -0.05) is 23.7 Å². The van der Waals surface area contributed by atoms with Crippen molar-refractivity contribution in [3.8, 4) is 10.6 Å². The van der Waals surface area contributed by atoms with Crippen LogP contribution in [0.4, 0.5) is 0 Å². The van der Waals surface area contributed by atoms with E-state index in [1.807, 2.05) is 18.2 Å². The standard InChI is InChI=1S/C18H13ClN2O4S2/c19-13-3-1-2-10-8-15(26-16(10)13)14-5-4-12(18(23)21-14)17(22)20-11-6-7-27(24,25)9-11/h1-8,11H,9H2,(H,20,22)(H,21,23)/t11-/m1/s1. The summed E-state index contributed by atoms with van der Waals surface area (Å²) in [6.45, 7) is 0. The number of aromatic amines is 1. The molecule has 6 nitrogen and oxygen atoms in total. The van der Waals surface area contributed by atoms with Gasteiger partial charge < -0.3 is 10.3 Å². The minimum atomic E-state index is -3.28. The summed E-state index contributed by atoms with van der Waals surface area (Å²) in [4.78, 5) is 28.2. The van der Waals surface area contributed by atoms with E-state index in [9.17, 15) is 18.0 Å². The van der Waals surface area contributed by atoms with E-state index in [1.54, 1.807) is 12.1 Å². The molecule has 0 bridgehead atoms. The highest BCUT2D eigenvalue weighted by Gasteiger charge is 2.24. The number of benzene rings is 1. The van der Waals surface area contributed by atoms with Crippen molar-refractivity contribution < 1.29 is 13.2 Å². The Hall–Kier alpha value is -2.42. The Morgan fingerprint density at radius 1 is 1.26 bits per heavy atom. The summed E-state index contributed by atoms with van der Waals surface area (Å²) < 4.78 is 23.7. The number of fused-ring (bicyclic) bond motifs is 1. The molecule has 2 N–H and O–H groups in total. The lowest BCUT2D eigenvalue weighted by molar-refractivity contribution is 0.0946. The normalized spacial score (nSPS) is 18.0. The number of rotatable bonds is 3. The molecule has 138 valence electrons. The number of halogens is 1. The lowest BCUT2D eigenvalue weighted by Crippen LogP contribution is -2.38. The van der Waals surface area contributed by atoms with Crippen molar-refractivity contribution in [3.63, 3.8) is 0 Å². The summed E-state index contributed by atoms with van der Waals surface area (Å²) in [5, 5.41) is 5.22. The van der Waals surface area contributed by atoms with E-state index in [-0.39, 0.29) is 11.3 Å². The number of amides is 1. The molecule has 9 heteroatoms. The van der Waals surface area contributed by atoms with Crippen molar-refractivity contribution >= 4 is 48.8 Å². The minimum absolute atomic E-state index is 0.0735. The largest absolute Gasteiger partial charge is 0.345 e. The maximum atomic E-state index is 12.4. The molecule has 27 heavy (non-hydrogen) atoms. The first-order valence-corrected chi connectivity index (χ1v) is 10.9. The molecule has 1 amide bonds. The van der Waals surface area contributed by atoms with Crippen LogP contribution in [-0.4, -0.2) is 31.1 Å². The van der Waals surface area contributed by atoms with E-state index in [2.05, 4.69) is 10.3 Å². The molecule has 0 saturated heterocycles. The second kappa shape index (κ2) is 6.63. The average Bonchev–Trinajstić information content (AvgIpc) is 3.18. The van der Waals surface area contributed by atoms with Gasteiger partial charge in [0.2, 0.25) is 0 Å². The van der Waals surface area contributed by atoms with E-state index < -0.39 is 27.3 Å². The number of carbonyl (C=O) groups is 1. The number of hydrogen-bond donors (Lipinski definition) is 2. The van der Waals surface area contributed by atoms with Crippen LogP contribution in [0.25, 0.3) is 20.7 Å². The van der Waals surface area contributed by atoms with Gasteiger partial charge in [-0.15, -0.1) is 11.3 Å². The van der Waals surface area contributed by atoms with E-state index in [0.717, 1.165) is 20.4 Å². The van der Waals surface area contributed by atoms with Crippen molar-refractivity contribution in [1.29, 1.82) is 0 Å². The first kappa shape index (κ1) is 18.0. The molecule has 0 radical (unpaired) electrons. The molecule has 0 fully saturated rings. The van der Waals surface area contributed by atoms with Crippen LogP contribution in [0, 0.1) is 0 Å². The zero-order valence-electron chi connectivity index (χ0n) is 13.7. The monoisotopic (exact) mass is 420 g/mol. The van der Waals surface area contributed by atoms with Crippen molar-refractivity contribution in [2.24, 2.45) is 0 Å². The Labute approximate surface area is 163 Å². The SMILES string of the molecule is O=C(N[C@@H]1C=CS(=O)(=O)C1)c1ccc(-c2cc3cccc(Cl)c3s2)[nH]c1=O. The molecule has 1 aliphatic heterocycles. The highest BCUT2D eigenvalue weighted by molar-refractivity contribution is 7.94. The quantitative estimate of drug-likeness (QED) is 0.680. The number of H-pyrrole nitrogens is 1. The fourth-order valence-corrected chi connectivity index (χ4v) is 5.45. The summed E-state index contributed by atoms with van der Waals surface area (Å²) in [5.74, 6) is -0.814. The zero-order valence-corrected chi connectivity index (χ0v) is 16.1. The van der Waals surface area contributed by atoms with Crippen LogP contribution in [0.3, 0.4) is 0 Å². The van der Waals surface area contributed by atoms with E-state index >= 15 is 0 Å². The van der Waals surface area contributed by atoms with Crippen LogP contribution in [0.5, 0.6) is 0 Å². The third-order valence-corrected chi connectivity index (χ3v) is 7.20. The summed E-state index contributed by atoms with van der Waals surface area (Å²) in [6.07, 6.45) is 1.40. The van der Waals surface area contributed by atoms with Gasteiger partial charge in [0, 0.05) is 5.41 Å². The molecule has 0 aliphatic carbocycles. The average molecular weight is 421 g/mol. The van der Waals surface area contributed by atoms with E-state index in [1.165, 1.54) is 23.5 Å². The molecule has 4 rings (SSSR count). The van der Waals surface area contributed by atoms with Gasteiger partial charge in [-0.05, 0) is 35.7 Å². The molecule has 1 aliphatic rings. The van der Waals surface area contributed by atoms with Crippen LogP contribution < -0.4 is 10.9 Å². The first-order valence-electron chi connectivity index (χ1n) is 7.96. The van der Waals surface area contributed by atoms with Gasteiger partial charge in [0.25, 0.3) is 11.5 Å². The summed E-state index contributed by atoms with van der Waals surface area (Å²) in [6, 6.07) is 9.97. The van der Waals surface area contributed by atoms with E-state index in [4.69, 9.17) is 11.6 Å². The fraction of sp³-hybridized carbons (Fsp3) is 0.111. The van der Waals surface area contributed by atoms with Crippen molar-refractivity contribution in [1.82, 2.24) is 10.3 Å². The van der Waals surface area contributed by atoms with Crippen LogP contribution in [0.2, 0.25) is 5.02 Å². The second-order valence-corrected chi connectivity index (χ2v) is 9.51. The fourth-order valence-electron chi connectivity index (χ4n) is 2.87. The number of sulfone groups is 1. The van der Waals surface area contributed by atoms with Gasteiger partial charge in [0.15, 0.2) is 9.84 Å². The molecule has 3 heterocycles. The number of pyridine rings is 1. The third kappa shape index (κ3) is 3.55. The van der Waals surface area contributed by atoms with Crippen LogP contribution >= 0.6 is 22.9 Å². The van der Waals surface area contributed by atoms with Gasteiger partial charge >= 0.3 is 0 Å². The lowest BCUT2D eigenvalue weighted by atomic mass is 10.2. The number of hydrogen-bond acceptors (Lipinski definition) is 5. The predicted molar refractivity (Wildman–Crippen MR) is 107 cm³/mol. The zero-order chi connectivity index (χ0) is 19.2. The molecule has 0 spiro atoms. The Balaban J connectivity index is 1.60. The molecule has 0 unspecified atom stereocenters. The topological polar surface area (TPSA) is 96.1 Å². The molecule has 2 aromatic heterocycles. The number of carbonyl (C=O) groups excluding carboxylic acids is 1. The van der Waals surface area contributed by atoms with Crippen molar-refractivity contribution in [3.05, 3.63) is 68.8 Å². The maximum absolute atomic E-state index is 12.4. The summed E-state index contributed by atoms with van der Waals surface area (Å²) in [5.41, 5.74) is -0.0360. The number of nitrogens with one attached hydrogen (secondary N) is 2. The Kier molecular flexibility index (Phi) is 4.41. The minimum Gasteiger partial charge on any atom is -0.345 e. The van der Waals surface area contributed by atoms with E-state index in [0.29, 0.717) is 10.7 Å². The highest BCUT2D eigenvalue weighted by atomic mass is 35.5. The van der Waals surface area contributed by atoms with Crippen LogP contribution in [-0.2, 0) is 9.84 Å². The maximum Gasteiger partial charge on any atom is 0.261 e. The highest BCUT2D eigenvalue weighted by Crippen LogP contribution is 2.36. The Bertz CT molecular complexity index is 1260. The van der Waals surface area contributed by atoms with Crippen LogP contribution in [0.15, 0.2) is 52.7 Å². The van der Waals surface area contributed by atoms with Gasteiger partial charge in [-0.3, -0.25) is 9.59 Å². The molecule has 1 atom stereocenters. The molecule has 0 saturated carbocycles. The van der Waals surface area contributed by atoms with Gasteiger partial charge in [-0.2, -0.15) is 0 Å². The van der Waals surface area contributed by atoms with Crippen molar-refractivity contribution in [2.45, 2.75) is 6.04 Å². The van der Waals surface area contributed by atoms with Crippen LogP contribution in [0.1, 0.15) is 10.4 Å². The smallest absolute Gasteiger partial charge is 0.261 e. The lowest BCUT2D eigenvalue weighted by Gasteiger charge is -2.09. The third-order valence-electron chi connectivity index (χ3n) is 4.16. The number of aromatic nitrogens is 1. The molecule has 1 aromatic carbocycles. The van der Waals surface area contributed by atoms with Gasteiger partial charge in [0.1, 0.15) is 5.56 Å². The first-order chi connectivity index (χ1) is 12.8. The van der Waals surface area contributed by atoms with Gasteiger partial charge in [0.05, 0.1) is 32.1 Å². The second-order valence-electron chi connectivity index (χ2n) is 6.12. The summed E-state index contributed by atoms with van der Waals surface area (Å²) in [7, 11) is -3.28. The Morgan fingerprint density at radius 2 is 2.07 bits per heavy atom. The van der Waals surface area contributed by atoms with Gasteiger partial charge in [-0.25, -0.2) is 8.42 Å². The number of thiophene rings is 1.